The van der Waals surface area contributed by atoms with Crippen LogP contribution in [0.3, 0.4) is 0 Å². The number of aliphatic hydroxyl groups excluding tert-OH is 1. The summed E-state index contributed by atoms with van der Waals surface area (Å²) in [6.07, 6.45) is -15.7. The van der Waals surface area contributed by atoms with E-state index in [9.17, 15) is 91.1 Å². The Balaban J connectivity index is 0.000000710. The Morgan fingerprint density at radius 3 is 1.04 bits per heavy atom. The van der Waals surface area contributed by atoms with Crippen LogP contribution in [0.5, 0.6) is 0 Å². The zero-order valence-corrected chi connectivity index (χ0v) is 25.6. The molecule has 0 amide bonds. The normalized spacial score (nSPS) is 15.0. The lowest BCUT2D eigenvalue weighted by atomic mass is 10.1. The van der Waals surface area contributed by atoms with Crippen molar-refractivity contribution in [3.63, 3.8) is 0 Å². The van der Waals surface area contributed by atoms with Crippen molar-refractivity contribution in [1.29, 1.82) is 0 Å². The summed E-state index contributed by atoms with van der Waals surface area (Å²) in [4.78, 5) is 0. The molecular weight excluding hydrogens is 824 g/mol. The van der Waals surface area contributed by atoms with Crippen LogP contribution in [0.15, 0.2) is 48.5 Å². The van der Waals surface area contributed by atoms with Gasteiger partial charge in [-0.2, -0.15) is 91.1 Å². The van der Waals surface area contributed by atoms with Crippen molar-refractivity contribution in [3.8, 4) is 0 Å². The first-order chi connectivity index (χ1) is 21.0. The third-order valence-corrected chi connectivity index (χ3v) is 8.30. The van der Waals surface area contributed by atoms with Crippen LogP contribution >= 0.6 is 23.2 Å². The number of halogens is 17. The van der Waals surface area contributed by atoms with Gasteiger partial charge in [0.2, 0.25) is 0 Å². The predicted octanol–water partition coefficient (Wildman–Crippen LogP) is 7.45. The molecule has 0 bridgehead atoms. The van der Waals surface area contributed by atoms with Gasteiger partial charge in [0.05, 0.1) is 0 Å². The maximum atomic E-state index is 12.6. The molecule has 0 saturated heterocycles. The first-order valence-electron chi connectivity index (χ1n) is 10.6. The van der Waals surface area contributed by atoms with E-state index in [0.29, 0.717) is 17.2 Å². The molecule has 0 aliphatic carbocycles. The van der Waals surface area contributed by atoms with E-state index in [0.717, 1.165) is 24.3 Å². The molecule has 2 aromatic rings. The van der Waals surface area contributed by atoms with Gasteiger partial charge < -0.3 is 5.11 Å². The number of aliphatic hydroxyl groups is 1. The molecule has 2 atom stereocenters. The van der Waals surface area contributed by atoms with E-state index in [-0.39, 0.29) is 10.6 Å². The summed E-state index contributed by atoms with van der Waals surface area (Å²) in [5.41, 5.74) is -19.5. The SMILES string of the molecule is O=S(=O)(OC(c1ccc(Cl)cc1)C(F)(F)F)C(F)(F)F.O=S(=O)(OS(=O)(=O)C(F)(F)F)C(F)(F)F.OC(c1ccc(Cl)cc1)C(F)(F)F. The van der Waals surface area contributed by atoms with Gasteiger partial charge in [0, 0.05) is 10.0 Å². The summed E-state index contributed by atoms with van der Waals surface area (Å²) in [7, 11) is -20.1. The highest BCUT2D eigenvalue weighted by molar-refractivity contribution is 8.00. The van der Waals surface area contributed by atoms with Gasteiger partial charge in [-0.25, -0.2) is 4.18 Å². The van der Waals surface area contributed by atoms with Crippen molar-refractivity contribution >= 4 is 53.6 Å². The molecule has 2 aromatic carbocycles. The lowest BCUT2D eigenvalue weighted by Gasteiger charge is -2.21. The van der Waals surface area contributed by atoms with Crippen LogP contribution < -0.4 is 0 Å². The lowest BCUT2D eigenvalue weighted by Crippen LogP contribution is -2.34. The fourth-order valence-corrected chi connectivity index (χ4v) is 4.54. The van der Waals surface area contributed by atoms with Crippen molar-refractivity contribution in [1.82, 2.24) is 0 Å². The molecule has 278 valence electrons. The summed E-state index contributed by atoms with van der Waals surface area (Å²) < 4.78 is 245. The van der Waals surface area contributed by atoms with Crippen molar-refractivity contribution in [2.45, 2.75) is 41.1 Å². The molecule has 0 saturated carbocycles. The maximum Gasteiger partial charge on any atom is 0.524 e. The zero-order chi connectivity index (χ0) is 38.5. The molecule has 0 aliphatic heterocycles. The molecule has 48 heavy (non-hydrogen) atoms. The Kier molecular flexibility index (Phi) is 15.0. The first kappa shape index (κ1) is 45.7. The summed E-state index contributed by atoms with van der Waals surface area (Å²) in [6.45, 7) is 0. The first-order valence-corrected chi connectivity index (χ1v) is 15.6. The Labute approximate surface area is 268 Å². The highest BCUT2D eigenvalue weighted by Crippen LogP contribution is 2.40. The summed E-state index contributed by atoms with van der Waals surface area (Å²) >= 11 is 10.9. The Bertz CT molecular complexity index is 1630. The van der Waals surface area contributed by atoms with E-state index in [1.165, 1.54) is 12.1 Å². The van der Waals surface area contributed by atoms with E-state index in [2.05, 4.69) is 4.18 Å². The van der Waals surface area contributed by atoms with Crippen LogP contribution in [0.4, 0.5) is 65.9 Å². The third-order valence-electron chi connectivity index (χ3n) is 4.22. The minimum atomic E-state index is -6.85. The van der Waals surface area contributed by atoms with E-state index in [1.807, 2.05) is 3.63 Å². The molecule has 9 nitrogen and oxygen atoms in total. The van der Waals surface area contributed by atoms with Crippen molar-refractivity contribution in [2.24, 2.45) is 0 Å². The molecule has 0 heterocycles. The fourth-order valence-electron chi connectivity index (χ4n) is 2.15. The third kappa shape index (κ3) is 13.9. The average molecular weight is 835 g/mol. The minimum Gasteiger partial charge on any atom is -0.379 e. The van der Waals surface area contributed by atoms with Gasteiger partial charge in [0.1, 0.15) is 0 Å². The van der Waals surface area contributed by atoms with E-state index in [4.69, 9.17) is 28.3 Å². The second kappa shape index (κ2) is 15.7. The number of hydrogen-bond acceptors (Lipinski definition) is 9. The van der Waals surface area contributed by atoms with E-state index in [1.54, 1.807) is 0 Å². The largest absolute Gasteiger partial charge is 0.524 e. The van der Waals surface area contributed by atoms with Gasteiger partial charge >= 0.3 is 59.2 Å². The second-order valence-electron chi connectivity index (χ2n) is 7.83. The minimum absolute atomic E-state index is 0.0216. The highest BCUT2D eigenvalue weighted by atomic mass is 35.5. The van der Waals surface area contributed by atoms with E-state index < -0.39 is 77.0 Å². The predicted molar refractivity (Wildman–Crippen MR) is 130 cm³/mol. The Hall–Kier alpha value is -2.30. The molecule has 0 fully saturated rings. The molecule has 0 spiro atoms. The second-order valence-corrected chi connectivity index (χ2v) is 13.6. The van der Waals surface area contributed by atoms with E-state index >= 15 is 0 Å². The summed E-state index contributed by atoms with van der Waals surface area (Å²) in [5, 5.41) is 9.13. The van der Waals surface area contributed by atoms with Crippen LogP contribution in [0.25, 0.3) is 0 Å². The van der Waals surface area contributed by atoms with Crippen molar-refractivity contribution in [3.05, 3.63) is 69.7 Å². The number of hydrogen-bond donors (Lipinski definition) is 1. The monoisotopic (exact) mass is 834 g/mol. The summed E-state index contributed by atoms with van der Waals surface area (Å²) in [6, 6.07) is 8.22. The Morgan fingerprint density at radius 2 is 0.792 bits per heavy atom. The number of rotatable bonds is 6. The van der Waals surface area contributed by atoms with Crippen molar-refractivity contribution < 1.29 is 104 Å². The molecule has 2 unspecified atom stereocenters. The quantitative estimate of drug-likeness (QED) is 0.179. The van der Waals surface area contributed by atoms with Gasteiger partial charge in [-0.1, -0.05) is 47.5 Å². The number of benzene rings is 2. The van der Waals surface area contributed by atoms with Crippen LogP contribution in [-0.4, -0.2) is 59.2 Å². The topological polar surface area (TPSA) is 141 Å². The molecule has 29 heteroatoms. The molecular formula is C19H11Cl2F15O9S3. The van der Waals surface area contributed by atoms with Gasteiger partial charge in [-0.3, -0.25) is 0 Å². The van der Waals surface area contributed by atoms with Crippen LogP contribution in [0, 0.1) is 0 Å². The number of alkyl halides is 15. The molecule has 0 aliphatic rings. The van der Waals surface area contributed by atoms with Gasteiger partial charge in [-0.15, -0.1) is 3.63 Å². The lowest BCUT2D eigenvalue weighted by molar-refractivity contribution is -0.206. The van der Waals surface area contributed by atoms with Crippen molar-refractivity contribution in [2.75, 3.05) is 0 Å². The standard InChI is InChI=1S/C9H5ClF6O3S.C8H6ClF3O.C2F6O5S2/c10-6-3-1-5(2-4-6)7(8(11,12)13)19-20(17,18)9(14,15)16;9-6-3-1-5(2-4-6)7(13)8(10,11)12;3-1(4,5)14(9,10)13-15(11,12)2(6,7)8/h1-4,7H;1-4,7,13H;. The fraction of sp³-hybridized carbons (Fsp3) is 0.368. The molecule has 0 aromatic heterocycles. The van der Waals surface area contributed by atoms with Crippen LogP contribution in [0.1, 0.15) is 23.3 Å². The van der Waals surface area contributed by atoms with Gasteiger partial charge in [0.15, 0.2) is 12.2 Å². The van der Waals surface area contributed by atoms with Crippen LogP contribution in [0.2, 0.25) is 10.0 Å². The highest BCUT2D eigenvalue weighted by Gasteiger charge is 2.57. The average Bonchev–Trinajstić information content (AvgIpc) is 2.85. The Morgan fingerprint density at radius 1 is 0.500 bits per heavy atom. The molecule has 1 N–H and O–H groups in total. The smallest absolute Gasteiger partial charge is 0.379 e. The van der Waals surface area contributed by atoms with Gasteiger partial charge in [-0.05, 0) is 35.4 Å². The molecule has 2 rings (SSSR count). The maximum absolute atomic E-state index is 12.6. The zero-order valence-electron chi connectivity index (χ0n) is 21.6. The summed E-state index contributed by atoms with van der Waals surface area (Å²) in [5.74, 6) is 0. The molecule has 0 radical (unpaired) electrons. The van der Waals surface area contributed by atoms with Crippen LogP contribution in [-0.2, 0) is 38.2 Å². The van der Waals surface area contributed by atoms with Gasteiger partial charge in [0.25, 0.3) is 0 Å².